The molecule has 2 aromatic rings. The van der Waals surface area contributed by atoms with Gasteiger partial charge in [-0.25, -0.2) is 4.39 Å². The van der Waals surface area contributed by atoms with E-state index in [1.54, 1.807) is 19.9 Å². The number of benzene rings is 2. The number of likely N-dealkylation sites (tertiary alicyclic amines) is 2. The van der Waals surface area contributed by atoms with Crippen molar-refractivity contribution in [2.24, 2.45) is 5.92 Å². The highest BCUT2D eigenvalue weighted by Gasteiger charge is 2.25. The lowest BCUT2D eigenvalue weighted by Gasteiger charge is -2.34. The van der Waals surface area contributed by atoms with Crippen molar-refractivity contribution in [1.29, 1.82) is 5.26 Å². The summed E-state index contributed by atoms with van der Waals surface area (Å²) >= 11 is 0. The predicted octanol–water partition coefficient (Wildman–Crippen LogP) is 5.30. The van der Waals surface area contributed by atoms with Gasteiger partial charge in [-0.05, 0) is 100.0 Å². The third-order valence-corrected chi connectivity index (χ3v) is 6.74. The second-order valence-corrected chi connectivity index (χ2v) is 10.1. The van der Waals surface area contributed by atoms with Crippen molar-refractivity contribution < 1.29 is 13.9 Å². The molecule has 34 heavy (non-hydrogen) atoms. The predicted molar refractivity (Wildman–Crippen MR) is 132 cm³/mol. The van der Waals surface area contributed by atoms with Crippen molar-refractivity contribution in [1.82, 2.24) is 9.80 Å². The Balaban J connectivity index is 1.35. The van der Waals surface area contributed by atoms with Gasteiger partial charge in [0.1, 0.15) is 11.4 Å². The van der Waals surface area contributed by atoms with E-state index in [0.717, 1.165) is 63.0 Å². The first-order chi connectivity index (χ1) is 16.3. The Morgan fingerprint density at radius 3 is 2.38 bits per heavy atom. The Hall–Kier alpha value is -2.91. The molecule has 2 aliphatic heterocycles. The average molecular weight is 464 g/mol. The molecule has 1 amide bonds. The van der Waals surface area contributed by atoms with Crippen LogP contribution in [-0.4, -0.2) is 60.7 Å². The smallest absolute Gasteiger partial charge is 0.253 e. The fourth-order valence-corrected chi connectivity index (χ4v) is 4.91. The fraction of sp³-hybridized carbons (Fsp3) is 0.500. The normalized spacial score (nSPS) is 17.5. The molecule has 2 aliphatic rings. The standard InChI is InChI=1S/C28H34FN3O2/c1-28(2,29)20-31-15-11-21(12-16-31)19-34-25-9-10-26(24(17-25)18-30)22-5-7-23(8-6-22)27(33)32-13-3-4-14-32/h5-10,17,21H,3-4,11-16,19-20H2,1-2H3. The van der Waals surface area contributed by atoms with Gasteiger partial charge in [0.2, 0.25) is 0 Å². The molecule has 2 heterocycles. The molecule has 4 rings (SSSR count). The van der Waals surface area contributed by atoms with Crippen LogP contribution >= 0.6 is 0 Å². The van der Waals surface area contributed by atoms with Crippen molar-refractivity contribution in [3.8, 4) is 22.9 Å². The van der Waals surface area contributed by atoms with E-state index in [1.165, 1.54) is 0 Å². The Morgan fingerprint density at radius 2 is 1.76 bits per heavy atom. The summed E-state index contributed by atoms with van der Waals surface area (Å²) in [6.07, 6.45) is 4.12. The Bertz CT molecular complexity index is 1030. The van der Waals surface area contributed by atoms with E-state index in [0.29, 0.717) is 35.9 Å². The number of carbonyl (C=O) groups is 1. The van der Waals surface area contributed by atoms with Gasteiger partial charge in [0.05, 0.1) is 18.2 Å². The number of ether oxygens (including phenoxy) is 1. The van der Waals surface area contributed by atoms with Crippen LogP contribution in [0.1, 0.15) is 55.5 Å². The zero-order valence-electron chi connectivity index (χ0n) is 20.2. The molecular formula is C28H34FN3O2. The molecule has 0 N–H and O–H groups in total. The minimum absolute atomic E-state index is 0.0764. The van der Waals surface area contributed by atoms with Gasteiger partial charge in [-0.2, -0.15) is 5.26 Å². The molecule has 0 saturated carbocycles. The number of hydrogen-bond acceptors (Lipinski definition) is 4. The molecule has 0 radical (unpaired) electrons. The van der Waals surface area contributed by atoms with Gasteiger partial charge in [-0.3, -0.25) is 4.79 Å². The van der Waals surface area contributed by atoms with Crippen molar-refractivity contribution in [2.45, 2.75) is 45.2 Å². The van der Waals surface area contributed by atoms with Crippen LogP contribution in [0, 0.1) is 17.2 Å². The molecule has 0 spiro atoms. The summed E-state index contributed by atoms with van der Waals surface area (Å²) in [5.41, 5.74) is 1.81. The number of halogens is 1. The third-order valence-electron chi connectivity index (χ3n) is 6.74. The quantitative estimate of drug-likeness (QED) is 0.559. The summed E-state index contributed by atoms with van der Waals surface area (Å²) < 4.78 is 19.9. The minimum atomic E-state index is -1.16. The van der Waals surface area contributed by atoms with Gasteiger partial charge >= 0.3 is 0 Å². The maximum atomic E-state index is 13.9. The summed E-state index contributed by atoms with van der Waals surface area (Å²) in [4.78, 5) is 16.7. The first-order valence-electron chi connectivity index (χ1n) is 12.3. The molecule has 0 bridgehead atoms. The molecule has 0 atom stereocenters. The number of nitriles is 1. The van der Waals surface area contributed by atoms with Crippen molar-refractivity contribution in [3.05, 3.63) is 53.6 Å². The number of carbonyl (C=O) groups excluding carboxylic acids is 1. The number of piperidine rings is 1. The molecule has 0 unspecified atom stereocenters. The van der Waals surface area contributed by atoms with E-state index in [4.69, 9.17) is 4.74 Å². The third kappa shape index (κ3) is 6.15. The van der Waals surface area contributed by atoms with Gasteiger partial charge in [0.15, 0.2) is 0 Å². The van der Waals surface area contributed by atoms with Crippen LogP contribution in [0.2, 0.25) is 0 Å². The molecule has 2 aromatic carbocycles. The molecule has 2 fully saturated rings. The Labute approximate surface area is 202 Å². The highest BCUT2D eigenvalue weighted by molar-refractivity contribution is 5.95. The van der Waals surface area contributed by atoms with Crippen LogP contribution in [0.3, 0.4) is 0 Å². The highest BCUT2D eigenvalue weighted by Crippen LogP contribution is 2.29. The van der Waals surface area contributed by atoms with E-state index < -0.39 is 5.67 Å². The lowest BCUT2D eigenvalue weighted by Crippen LogP contribution is -2.41. The molecule has 0 aromatic heterocycles. The van der Waals surface area contributed by atoms with Gasteiger partial charge in [0, 0.05) is 25.2 Å². The van der Waals surface area contributed by atoms with Crippen molar-refractivity contribution in [3.63, 3.8) is 0 Å². The van der Waals surface area contributed by atoms with E-state index in [1.807, 2.05) is 41.3 Å². The van der Waals surface area contributed by atoms with Gasteiger partial charge in [0.25, 0.3) is 5.91 Å². The molecule has 2 saturated heterocycles. The van der Waals surface area contributed by atoms with Crippen molar-refractivity contribution in [2.75, 3.05) is 39.3 Å². The van der Waals surface area contributed by atoms with Crippen LogP contribution < -0.4 is 4.74 Å². The maximum absolute atomic E-state index is 13.9. The van der Waals surface area contributed by atoms with Gasteiger partial charge in [-0.1, -0.05) is 12.1 Å². The minimum Gasteiger partial charge on any atom is -0.493 e. The van der Waals surface area contributed by atoms with E-state index in [-0.39, 0.29) is 5.91 Å². The lowest BCUT2D eigenvalue weighted by molar-refractivity contribution is 0.0792. The second-order valence-electron chi connectivity index (χ2n) is 10.1. The van der Waals surface area contributed by atoms with Crippen LogP contribution in [0.5, 0.6) is 5.75 Å². The fourth-order valence-electron chi connectivity index (χ4n) is 4.91. The summed E-state index contributed by atoms with van der Waals surface area (Å²) in [5, 5.41) is 9.73. The molecule has 0 aliphatic carbocycles. The number of alkyl halides is 1. The van der Waals surface area contributed by atoms with Gasteiger partial charge < -0.3 is 14.5 Å². The number of amides is 1. The van der Waals surface area contributed by atoms with Crippen LogP contribution in [-0.2, 0) is 0 Å². The number of rotatable bonds is 7. The zero-order valence-corrected chi connectivity index (χ0v) is 20.2. The lowest BCUT2D eigenvalue weighted by atomic mass is 9.96. The average Bonchev–Trinajstić information content (AvgIpc) is 3.37. The van der Waals surface area contributed by atoms with E-state index >= 15 is 0 Å². The van der Waals surface area contributed by atoms with E-state index in [9.17, 15) is 14.4 Å². The molecule has 5 nitrogen and oxygen atoms in total. The van der Waals surface area contributed by atoms with Crippen LogP contribution in [0.4, 0.5) is 4.39 Å². The first kappa shape index (κ1) is 24.2. The topological polar surface area (TPSA) is 56.6 Å². The first-order valence-corrected chi connectivity index (χ1v) is 12.3. The van der Waals surface area contributed by atoms with Crippen LogP contribution in [0.15, 0.2) is 42.5 Å². The van der Waals surface area contributed by atoms with Crippen molar-refractivity contribution >= 4 is 5.91 Å². The summed E-state index contributed by atoms with van der Waals surface area (Å²) in [6, 6.07) is 15.4. The SMILES string of the molecule is CC(C)(F)CN1CCC(COc2ccc(-c3ccc(C(=O)N4CCCC4)cc3)c(C#N)c2)CC1. The molecular weight excluding hydrogens is 429 g/mol. The zero-order chi connectivity index (χ0) is 24.1. The number of nitrogens with zero attached hydrogens (tertiary/aromatic N) is 3. The number of hydrogen-bond donors (Lipinski definition) is 0. The summed E-state index contributed by atoms with van der Waals surface area (Å²) in [6.45, 7) is 7.76. The second kappa shape index (κ2) is 10.6. The van der Waals surface area contributed by atoms with Crippen LogP contribution in [0.25, 0.3) is 11.1 Å². The molecule has 6 heteroatoms. The summed E-state index contributed by atoms with van der Waals surface area (Å²) in [5.74, 6) is 1.20. The Kier molecular flexibility index (Phi) is 7.53. The summed E-state index contributed by atoms with van der Waals surface area (Å²) in [7, 11) is 0. The van der Waals surface area contributed by atoms with Gasteiger partial charge in [-0.15, -0.1) is 0 Å². The largest absolute Gasteiger partial charge is 0.493 e. The Morgan fingerprint density at radius 1 is 1.09 bits per heavy atom. The highest BCUT2D eigenvalue weighted by atomic mass is 19.1. The van der Waals surface area contributed by atoms with E-state index in [2.05, 4.69) is 11.0 Å². The maximum Gasteiger partial charge on any atom is 0.253 e. The molecule has 180 valence electrons. The monoisotopic (exact) mass is 463 g/mol.